The molecule has 0 aliphatic carbocycles. The Morgan fingerprint density at radius 3 is 2.18 bits per heavy atom. The molecule has 0 saturated carbocycles. The number of halogens is 3. The number of allylic oxidation sites excluding steroid dienone is 2. The molecule has 0 fully saturated rings. The van der Waals surface area contributed by atoms with Gasteiger partial charge in [0.2, 0.25) is 9.49 Å². The minimum atomic E-state index is -1.68. The van der Waals surface area contributed by atoms with E-state index in [1.807, 2.05) is 0 Å². The van der Waals surface area contributed by atoms with Gasteiger partial charge in [-0.15, -0.1) is 0 Å². The summed E-state index contributed by atoms with van der Waals surface area (Å²) in [7, 11) is 0. The molecule has 0 aromatic carbocycles. The zero-order valence-corrected chi connectivity index (χ0v) is 7.95. The van der Waals surface area contributed by atoms with Gasteiger partial charge < -0.3 is 0 Å². The Balaban J connectivity index is 4.49. The Morgan fingerprint density at radius 1 is 1.64 bits per heavy atom. The zero-order chi connectivity index (χ0) is 9.07. The average Bonchev–Trinajstić information content (AvgIpc) is 1.80. The zero-order valence-electron chi connectivity index (χ0n) is 5.68. The Hall–Kier alpha value is 0.01000. The van der Waals surface area contributed by atoms with E-state index in [-0.39, 0.29) is 12.1 Å². The first-order valence-electron chi connectivity index (χ1n) is 2.79. The number of nitro groups is 1. The van der Waals surface area contributed by atoms with Crippen molar-refractivity contribution in [1.29, 1.82) is 0 Å². The van der Waals surface area contributed by atoms with Crippen molar-refractivity contribution < 1.29 is 4.92 Å². The first kappa shape index (κ1) is 11.0. The highest BCUT2D eigenvalue weighted by molar-refractivity contribution is 6.68. The van der Waals surface area contributed by atoms with E-state index in [9.17, 15) is 10.1 Å². The van der Waals surface area contributed by atoms with Gasteiger partial charge in [0, 0.05) is 12.5 Å². The summed E-state index contributed by atoms with van der Waals surface area (Å²) in [6.45, 7) is 1.62. The van der Waals surface area contributed by atoms with E-state index in [1.54, 1.807) is 6.92 Å². The van der Waals surface area contributed by atoms with E-state index in [1.165, 1.54) is 0 Å². The van der Waals surface area contributed by atoms with Crippen molar-refractivity contribution in [1.82, 2.24) is 0 Å². The van der Waals surface area contributed by atoms with Gasteiger partial charge in [0.05, 0.1) is 4.92 Å². The maximum Gasteiger partial charge on any atom is 0.246 e. The summed E-state index contributed by atoms with van der Waals surface area (Å²) in [5.41, 5.74) is -0.0926. The fourth-order valence-electron chi connectivity index (χ4n) is 0.473. The lowest BCUT2D eigenvalue weighted by Gasteiger charge is -2.02. The molecule has 0 aliphatic rings. The Morgan fingerprint density at radius 2 is 2.09 bits per heavy atom. The van der Waals surface area contributed by atoms with Crippen LogP contribution in [0, 0.1) is 10.1 Å². The summed E-state index contributed by atoms with van der Waals surface area (Å²) in [6, 6.07) is 0. The van der Waals surface area contributed by atoms with Gasteiger partial charge in [-0.25, -0.2) is 0 Å². The Kier molecular flexibility index (Phi) is 4.14. The molecule has 0 radical (unpaired) electrons. The molecule has 11 heavy (non-hydrogen) atoms. The summed E-state index contributed by atoms with van der Waals surface area (Å²) in [6.07, 6.45) is 1.23. The van der Waals surface area contributed by atoms with Crippen molar-refractivity contribution >= 4 is 34.8 Å². The summed E-state index contributed by atoms with van der Waals surface area (Å²) in [4.78, 5) is 9.60. The second kappa shape index (κ2) is 4.14. The summed E-state index contributed by atoms with van der Waals surface area (Å²) in [5, 5.41) is 10.2. The second-order valence-corrected chi connectivity index (χ2v) is 4.16. The number of alkyl halides is 3. The lowest BCUT2D eigenvalue weighted by atomic mass is 10.3. The van der Waals surface area contributed by atoms with Gasteiger partial charge in [0.1, 0.15) is 0 Å². The molecule has 0 spiro atoms. The Labute approximate surface area is 79.1 Å². The summed E-state index contributed by atoms with van der Waals surface area (Å²) < 4.78 is -1.68. The van der Waals surface area contributed by atoms with Crippen LogP contribution in [0.3, 0.4) is 0 Å². The lowest BCUT2D eigenvalue weighted by molar-refractivity contribution is -0.427. The number of hydrogen-bond acceptors (Lipinski definition) is 2. The summed E-state index contributed by atoms with van der Waals surface area (Å²) in [5.74, 6) is 0. The third-order valence-corrected chi connectivity index (χ3v) is 1.25. The molecule has 6 heteroatoms. The molecule has 0 N–H and O–H groups in total. The van der Waals surface area contributed by atoms with E-state index in [0.29, 0.717) is 0 Å². The molecular formula is C5H6Cl3NO2. The van der Waals surface area contributed by atoms with Gasteiger partial charge in [-0.2, -0.15) is 0 Å². The largest absolute Gasteiger partial charge is 0.259 e. The van der Waals surface area contributed by atoms with Gasteiger partial charge in [0.25, 0.3) is 0 Å². The van der Waals surface area contributed by atoms with Crippen LogP contribution in [0.1, 0.15) is 13.3 Å². The van der Waals surface area contributed by atoms with Gasteiger partial charge >= 0.3 is 0 Å². The lowest BCUT2D eigenvalue weighted by Crippen LogP contribution is -2.04. The maximum atomic E-state index is 10.2. The van der Waals surface area contributed by atoms with Crippen molar-refractivity contribution in [2.24, 2.45) is 0 Å². The molecule has 0 atom stereocenters. The van der Waals surface area contributed by atoms with E-state index < -0.39 is 8.72 Å². The van der Waals surface area contributed by atoms with Crippen LogP contribution in [0.15, 0.2) is 11.8 Å². The topological polar surface area (TPSA) is 43.1 Å². The second-order valence-electron chi connectivity index (χ2n) is 1.79. The minimum Gasteiger partial charge on any atom is -0.259 e. The van der Waals surface area contributed by atoms with Crippen molar-refractivity contribution in [2.45, 2.75) is 17.1 Å². The van der Waals surface area contributed by atoms with E-state index in [0.717, 1.165) is 6.08 Å². The quantitative estimate of drug-likeness (QED) is 0.406. The SMILES string of the molecule is CCC(=CC(Cl)(Cl)Cl)[N+](=O)[O-]. The first-order valence-corrected chi connectivity index (χ1v) is 3.93. The van der Waals surface area contributed by atoms with E-state index >= 15 is 0 Å². The van der Waals surface area contributed by atoms with E-state index in [4.69, 9.17) is 34.8 Å². The molecule has 0 saturated heterocycles. The highest BCUT2D eigenvalue weighted by atomic mass is 35.6. The third kappa shape index (κ3) is 5.30. The third-order valence-electron chi connectivity index (χ3n) is 0.927. The van der Waals surface area contributed by atoms with Gasteiger partial charge in [-0.1, -0.05) is 41.7 Å². The van der Waals surface area contributed by atoms with Crippen LogP contribution in [0.25, 0.3) is 0 Å². The molecular weight excluding hydrogens is 212 g/mol. The van der Waals surface area contributed by atoms with E-state index in [2.05, 4.69) is 0 Å². The molecule has 64 valence electrons. The predicted molar refractivity (Wildman–Crippen MR) is 45.7 cm³/mol. The number of hydrogen-bond donors (Lipinski definition) is 0. The van der Waals surface area contributed by atoms with Gasteiger partial charge in [-0.3, -0.25) is 10.1 Å². The fraction of sp³-hybridized carbons (Fsp3) is 0.600. The number of nitrogens with zero attached hydrogens (tertiary/aromatic N) is 1. The standard InChI is InChI=1S/C5H6Cl3NO2/c1-2-4(9(10)11)3-5(6,7)8/h3H,2H2,1H3. The molecule has 0 unspecified atom stereocenters. The van der Waals surface area contributed by atoms with Crippen LogP contribution >= 0.6 is 34.8 Å². The van der Waals surface area contributed by atoms with Crippen LogP contribution in [-0.4, -0.2) is 8.72 Å². The highest BCUT2D eigenvalue weighted by Gasteiger charge is 2.21. The normalized spacial score (nSPS) is 13.3. The molecule has 0 bridgehead atoms. The van der Waals surface area contributed by atoms with Crippen molar-refractivity contribution in [2.75, 3.05) is 0 Å². The minimum absolute atomic E-state index is 0.0926. The van der Waals surface area contributed by atoms with Crippen molar-refractivity contribution in [3.8, 4) is 0 Å². The van der Waals surface area contributed by atoms with Crippen LogP contribution in [0.5, 0.6) is 0 Å². The predicted octanol–water partition coefficient (Wildman–Crippen LogP) is 2.93. The first-order chi connectivity index (χ1) is 4.87. The fourth-order valence-corrected chi connectivity index (χ4v) is 0.851. The van der Waals surface area contributed by atoms with Crippen molar-refractivity contribution in [3.63, 3.8) is 0 Å². The molecule has 3 nitrogen and oxygen atoms in total. The van der Waals surface area contributed by atoms with Crippen LogP contribution in [0.2, 0.25) is 0 Å². The van der Waals surface area contributed by atoms with Gasteiger partial charge in [-0.05, 0) is 0 Å². The average molecular weight is 218 g/mol. The summed E-state index contributed by atoms with van der Waals surface area (Å²) >= 11 is 15.9. The van der Waals surface area contributed by atoms with Crippen LogP contribution in [-0.2, 0) is 0 Å². The highest BCUT2D eigenvalue weighted by Crippen LogP contribution is 2.29. The smallest absolute Gasteiger partial charge is 0.246 e. The molecule has 0 rings (SSSR count). The van der Waals surface area contributed by atoms with Gasteiger partial charge in [0.15, 0.2) is 0 Å². The molecule has 0 heterocycles. The van der Waals surface area contributed by atoms with Crippen LogP contribution < -0.4 is 0 Å². The molecule has 0 aromatic heterocycles. The van der Waals surface area contributed by atoms with Crippen LogP contribution in [0.4, 0.5) is 0 Å². The molecule has 0 aromatic rings. The molecule has 0 amide bonds. The maximum absolute atomic E-state index is 10.2. The molecule has 0 aliphatic heterocycles. The monoisotopic (exact) mass is 217 g/mol. The van der Waals surface area contributed by atoms with Crippen molar-refractivity contribution in [3.05, 3.63) is 21.9 Å². The Bertz CT molecular complexity index is 185. The number of rotatable bonds is 2.